The number of hydrogen-bond acceptors (Lipinski definition) is 2. The van der Waals surface area contributed by atoms with Crippen molar-refractivity contribution in [2.45, 2.75) is 13.1 Å². The minimum atomic E-state index is 0.460. The van der Waals surface area contributed by atoms with Crippen molar-refractivity contribution in [1.29, 1.82) is 0 Å². The van der Waals surface area contributed by atoms with Crippen molar-refractivity contribution in [1.82, 2.24) is 7.88 Å². The third-order valence-electron chi connectivity index (χ3n) is 1.60. The van der Waals surface area contributed by atoms with Crippen LogP contribution >= 0.6 is 47.1 Å². The largest absolute Gasteiger partial charge is 0.127 e. The van der Waals surface area contributed by atoms with Gasteiger partial charge in [-0.3, -0.25) is 0 Å². The van der Waals surface area contributed by atoms with E-state index in [9.17, 15) is 0 Å². The Balaban J connectivity index is 2.68. The molecule has 0 saturated heterocycles. The fourth-order valence-corrected chi connectivity index (χ4v) is 1.65. The number of hydrogen-bond donors (Lipinski definition) is 0. The third-order valence-corrected chi connectivity index (χ3v) is 2.07. The molecule has 0 aliphatic rings. The van der Waals surface area contributed by atoms with E-state index in [0.29, 0.717) is 13.1 Å². The molecule has 0 radical (unpaired) electrons. The Kier molecular flexibility index (Phi) is 5.31. The van der Waals surface area contributed by atoms with Gasteiger partial charge in [0.05, 0.1) is 13.1 Å². The van der Waals surface area contributed by atoms with Crippen molar-refractivity contribution < 1.29 is 0 Å². The molecule has 0 spiro atoms. The monoisotopic (exact) mass is 272 g/mol. The smallest absolute Gasteiger partial charge is 0.0554 e. The zero-order valence-electron chi connectivity index (χ0n) is 7.13. The summed E-state index contributed by atoms with van der Waals surface area (Å²) in [7, 11) is 0. The van der Waals surface area contributed by atoms with Gasteiger partial charge in [-0.25, -0.2) is 0 Å². The van der Waals surface area contributed by atoms with Crippen molar-refractivity contribution in [2.75, 3.05) is 0 Å². The second-order valence-electron chi connectivity index (χ2n) is 2.74. The summed E-state index contributed by atoms with van der Waals surface area (Å²) in [4.78, 5) is 0. The van der Waals surface area contributed by atoms with Crippen LogP contribution in [0.2, 0.25) is 0 Å². The average Bonchev–Trinajstić information content (AvgIpc) is 2.01. The van der Waals surface area contributed by atoms with Crippen molar-refractivity contribution in [3.63, 3.8) is 0 Å². The first-order valence-corrected chi connectivity index (χ1v) is 5.19. The van der Waals surface area contributed by atoms with Gasteiger partial charge in [0, 0.05) is 0 Å². The van der Waals surface area contributed by atoms with Gasteiger partial charge >= 0.3 is 0 Å². The molecule has 0 aliphatic carbocycles. The predicted molar refractivity (Wildman–Crippen MR) is 60.9 cm³/mol. The van der Waals surface area contributed by atoms with Crippen molar-refractivity contribution in [3.05, 3.63) is 35.4 Å². The lowest BCUT2D eigenvalue weighted by atomic mass is 10.1. The Morgan fingerprint density at radius 2 is 1.29 bits per heavy atom. The summed E-state index contributed by atoms with van der Waals surface area (Å²) in [5.41, 5.74) is 2.00. The minimum absolute atomic E-state index is 0.460. The van der Waals surface area contributed by atoms with E-state index in [1.54, 1.807) is 0 Å². The number of halogens is 4. The van der Waals surface area contributed by atoms with Crippen molar-refractivity contribution >= 4 is 47.1 Å². The summed E-state index contributed by atoms with van der Waals surface area (Å²) < 4.78 is 2.14. The molecule has 78 valence electrons. The third kappa shape index (κ3) is 4.69. The summed E-state index contributed by atoms with van der Waals surface area (Å²) in [5, 5.41) is 0. The molecule has 0 aromatic heterocycles. The van der Waals surface area contributed by atoms with E-state index in [2.05, 4.69) is 0 Å². The first-order chi connectivity index (χ1) is 6.58. The van der Waals surface area contributed by atoms with Gasteiger partial charge in [-0.05, 0) is 58.2 Å². The van der Waals surface area contributed by atoms with E-state index in [0.717, 1.165) is 19.0 Å². The maximum atomic E-state index is 5.51. The first kappa shape index (κ1) is 12.4. The van der Waals surface area contributed by atoms with Gasteiger partial charge in [0.2, 0.25) is 0 Å². The Labute approximate surface area is 103 Å². The van der Waals surface area contributed by atoms with Crippen molar-refractivity contribution in [2.24, 2.45) is 0 Å². The molecule has 1 aromatic rings. The van der Waals surface area contributed by atoms with Gasteiger partial charge in [-0.1, -0.05) is 24.3 Å². The SMILES string of the molecule is ClN(Cl)Cc1cccc(CN(Cl)Cl)c1. The van der Waals surface area contributed by atoms with Crippen LogP contribution in [-0.4, -0.2) is 7.88 Å². The highest BCUT2D eigenvalue weighted by atomic mass is 35.5. The number of nitrogens with zero attached hydrogens (tertiary/aromatic N) is 2. The van der Waals surface area contributed by atoms with Crippen molar-refractivity contribution in [3.8, 4) is 0 Å². The van der Waals surface area contributed by atoms with Gasteiger partial charge in [0.1, 0.15) is 0 Å². The second kappa shape index (κ2) is 6.01. The van der Waals surface area contributed by atoms with Crippen LogP contribution < -0.4 is 0 Å². The fourth-order valence-electron chi connectivity index (χ4n) is 1.10. The lowest BCUT2D eigenvalue weighted by Gasteiger charge is -2.08. The summed E-state index contributed by atoms with van der Waals surface area (Å²) in [6.07, 6.45) is 0. The normalized spacial score (nSPS) is 11.3. The van der Waals surface area contributed by atoms with E-state index in [4.69, 9.17) is 47.1 Å². The van der Waals surface area contributed by atoms with Crippen LogP contribution in [0.4, 0.5) is 0 Å². The highest BCUT2D eigenvalue weighted by Gasteiger charge is 2.02. The van der Waals surface area contributed by atoms with E-state index in [1.807, 2.05) is 24.3 Å². The Morgan fingerprint density at radius 3 is 1.64 bits per heavy atom. The minimum Gasteiger partial charge on any atom is -0.127 e. The molecule has 6 heteroatoms. The molecular weight excluding hydrogens is 266 g/mol. The zero-order chi connectivity index (χ0) is 10.6. The number of benzene rings is 1. The molecule has 0 N–H and O–H groups in total. The summed E-state index contributed by atoms with van der Waals surface area (Å²) in [6, 6.07) is 7.69. The second-order valence-corrected chi connectivity index (χ2v) is 4.72. The van der Waals surface area contributed by atoms with Gasteiger partial charge in [0.25, 0.3) is 0 Å². The number of rotatable bonds is 4. The standard InChI is InChI=1S/C8H8Cl4N2/c9-13(10)5-7-2-1-3-8(4-7)6-14(11)12/h1-4H,5-6H2. The van der Waals surface area contributed by atoms with Gasteiger partial charge in [0.15, 0.2) is 0 Å². The van der Waals surface area contributed by atoms with Crippen LogP contribution in [0.25, 0.3) is 0 Å². The molecule has 0 aliphatic heterocycles. The Morgan fingerprint density at radius 1 is 0.857 bits per heavy atom. The Hall–Kier alpha value is 0.300. The van der Waals surface area contributed by atoms with Gasteiger partial charge in [-0.15, -0.1) is 7.88 Å². The zero-order valence-corrected chi connectivity index (χ0v) is 10.2. The van der Waals surface area contributed by atoms with Crippen LogP contribution in [-0.2, 0) is 13.1 Å². The molecule has 14 heavy (non-hydrogen) atoms. The molecular formula is C8H8Cl4N2. The summed E-state index contributed by atoms with van der Waals surface area (Å²) >= 11 is 22.0. The van der Waals surface area contributed by atoms with Crippen LogP contribution in [0, 0.1) is 0 Å². The van der Waals surface area contributed by atoms with E-state index in [-0.39, 0.29) is 0 Å². The van der Waals surface area contributed by atoms with E-state index >= 15 is 0 Å². The highest BCUT2D eigenvalue weighted by molar-refractivity contribution is 6.33. The molecule has 0 bridgehead atoms. The molecule has 0 heterocycles. The molecule has 0 unspecified atom stereocenters. The molecule has 0 saturated carbocycles. The first-order valence-electron chi connectivity index (χ1n) is 3.84. The lowest BCUT2D eigenvalue weighted by Crippen LogP contribution is -2.01. The topological polar surface area (TPSA) is 6.48 Å². The lowest BCUT2D eigenvalue weighted by molar-refractivity contribution is 0.687. The molecule has 1 aromatic carbocycles. The maximum absolute atomic E-state index is 5.51. The molecule has 1 rings (SSSR count). The molecule has 0 atom stereocenters. The average molecular weight is 274 g/mol. The van der Waals surface area contributed by atoms with Gasteiger partial charge < -0.3 is 0 Å². The predicted octanol–water partition coefficient (Wildman–Crippen LogP) is 3.91. The van der Waals surface area contributed by atoms with E-state index in [1.165, 1.54) is 0 Å². The Bertz CT molecular complexity index is 265. The summed E-state index contributed by atoms with van der Waals surface area (Å²) in [5.74, 6) is 0. The quantitative estimate of drug-likeness (QED) is 0.768. The van der Waals surface area contributed by atoms with Crippen LogP contribution in [0.15, 0.2) is 24.3 Å². The van der Waals surface area contributed by atoms with E-state index < -0.39 is 0 Å². The molecule has 0 fully saturated rings. The highest BCUT2D eigenvalue weighted by Crippen LogP contribution is 2.14. The summed E-state index contributed by atoms with van der Waals surface area (Å²) in [6.45, 7) is 0.920. The fraction of sp³-hybridized carbons (Fsp3) is 0.250. The van der Waals surface area contributed by atoms with Crippen LogP contribution in [0.3, 0.4) is 0 Å². The van der Waals surface area contributed by atoms with Gasteiger partial charge in [-0.2, -0.15) is 0 Å². The van der Waals surface area contributed by atoms with Crippen LogP contribution in [0.1, 0.15) is 11.1 Å². The molecule has 0 amide bonds. The molecule has 2 nitrogen and oxygen atoms in total. The maximum Gasteiger partial charge on any atom is 0.0554 e. The van der Waals surface area contributed by atoms with Crippen LogP contribution in [0.5, 0.6) is 0 Å².